The van der Waals surface area contributed by atoms with Crippen molar-refractivity contribution < 1.29 is 22.2 Å². The van der Waals surface area contributed by atoms with Crippen molar-refractivity contribution in [2.24, 2.45) is 0 Å². The number of hydrogen-bond acceptors (Lipinski definition) is 6. The second-order valence-electron chi connectivity index (χ2n) is 5.45. The molecule has 0 aliphatic carbocycles. The molecule has 27 heavy (non-hydrogen) atoms. The van der Waals surface area contributed by atoms with Crippen molar-refractivity contribution in [3.05, 3.63) is 51.0 Å². The molecule has 1 saturated heterocycles. The van der Waals surface area contributed by atoms with Gasteiger partial charge in [-0.1, -0.05) is 47.2 Å². The zero-order valence-corrected chi connectivity index (χ0v) is 17.3. The summed E-state index contributed by atoms with van der Waals surface area (Å²) in [6.07, 6.45) is 1.52. The van der Waals surface area contributed by atoms with E-state index in [4.69, 9.17) is 44.4 Å². The summed E-state index contributed by atoms with van der Waals surface area (Å²) in [6.45, 7) is -0.215. The van der Waals surface area contributed by atoms with Crippen molar-refractivity contribution in [2.75, 3.05) is 12.3 Å². The van der Waals surface area contributed by atoms with Crippen LogP contribution >= 0.6 is 47.2 Å². The molecule has 11 heteroatoms. The molecule has 1 aromatic carbocycles. The molecule has 0 saturated carbocycles. The first-order valence-corrected chi connectivity index (χ1v) is 11.0. The second-order valence-corrected chi connectivity index (χ2v) is 9.51. The number of thioether (sulfide) groups is 1. The Kier molecular flexibility index (Phi) is 5.99. The molecule has 0 bridgehead atoms. The van der Waals surface area contributed by atoms with Crippen molar-refractivity contribution in [3.8, 4) is 11.3 Å². The molecule has 2 heterocycles. The third-order valence-corrected chi connectivity index (χ3v) is 6.37. The third-order valence-electron chi connectivity index (χ3n) is 3.55. The topological polar surface area (TPSA) is 87.8 Å². The average Bonchev–Trinajstić information content (AvgIpc) is 3.13. The van der Waals surface area contributed by atoms with Gasteiger partial charge in [-0.2, -0.15) is 8.42 Å². The van der Waals surface area contributed by atoms with Gasteiger partial charge in [-0.05, 0) is 30.3 Å². The molecule has 3 rings (SSSR count). The van der Waals surface area contributed by atoms with Crippen LogP contribution in [0.5, 0.6) is 0 Å². The molecule has 6 nitrogen and oxygen atoms in total. The van der Waals surface area contributed by atoms with Crippen LogP contribution in [0.15, 0.2) is 39.7 Å². The van der Waals surface area contributed by atoms with Crippen LogP contribution in [0.25, 0.3) is 17.4 Å². The Hall–Kier alpha value is -1.36. The number of amides is 1. The highest BCUT2D eigenvalue weighted by atomic mass is 35.5. The van der Waals surface area contributed by atoms with Gasteiger partial charge in [0.2, 0.25) is 0 Å². The van der Waals surface area contributed by atoms with Gasteiger partial charge in [0, 0.05) is 18.2 Å². The van der Waals surface area contributed by atoms with Gasteiger partial charge in [0.25, 0.3) is 16.0 Å². The molecular weight excluding hydrogens is 453 g/mol. The summed E-state index contributed by atoms with van der Waals surface area (Å²) in [5, 5.41) is 0.826. The SMILES string of the molecule is O=C1/C(=C\c2ccc(-c3ccc(Cl)c(Cl)c3)o2)SC(=S)N1CCS(=O)(=O)O. The fraction of sp³-hybridized carbons (Fsp3) is 0.125. The normalized spacial score (nSPS) is 16.6. The summed E-state index contributed by atoms with van der Waals surface area (Å²) in [5.41, 5.74) is 0.727. The van der Waals surface area contributed by atoms with Gasteiger partial charge in [-0.25, -0.2) is 0 Å². The van der Waals surface area contributed by atoms with Gasteiger partial charge in [0.15, 0.2) is 0 Å². The van der Waals surface area contributed by atoms with E-state index in [1.807, 2.05) is 0 Å². The molecule has 0 radical (unpaired) electrons. The van der Waals surface area contributed by atoms with Gasteiger partial charge < -0.3 is 4.42 Å². The Balaban J connectivity index is 1.79. The van der Waals surface area contributed by atoms with Crippen LogP contribution in [0.3, 0.4) is 0 Å². The maximum atomic E-state index is 12.4. The molecule has 0 atom stereocenters. The minimum absolute atomic E-state index is 0.214. The van der Waals surface area contributed by atoms with Gasteiger partial charge in [0.05, 0.1) is 20.7 Å². The molecule has 0 unspecified atom stereocenters. The Morgan fingerprint density at radius 3 is 2.63 bits per heavy atom. The van der Waals surface area contributed by atoms with Crippen molar-refractivity contribution in [1.29, 1.82) is 0 Å². The van der Waals surface area contributed by atoms with Crippen LogP contribution < -0.4 is 0 Å². The van der Waals surface area contributed by atoms with Crippen LogP contribution in [0, 0.1) is 0 Å². The number of thiocarbonyl (C=S) groups is 1. The van der Waals surface area contributed by atoms with Crippen LogP contribution in [-0.4, -0.2) is 40.4 Å². The second kappa shape index (κ2) is 7.94. The van der Waals surface area contributed by atoms with Crippen molar-refractivity contribution in [3.63, 3.8) is 0 Å². The molecule has 142 valence electrons. The summed E-state index contributed by atoms with van der Waals surface area (Å²) in [4.78, 5) is 13.8. The van der Waals surface area contributed by atoms with Gasteiger partial charge in [-0.15, -0.1) is 0 Å². The van der Waals surface area contributed by atoms with E-state index in [-0.39, 0.29) is 10.9 Å². The molecule has 1 amide bonds. The standard InChI is InChI=1S/C16H11Cl2NO5S3/c17-11-3-1-9(7-12(11)18)13-4-2-10(24-13)8-14-15(20)19(16(25)26-14)5-6-27(21,22)23/h1-4,7-8H,5-6H2,(H,21,22,23)/b14-8+. The Morgan fingerprint density at radius 2 is 1.96 bits per heavy atom. The van der Waals surface area contributed by atoms with E-state index >= 15 is 0 Å². The number of carbonyl (C=O) groups excluding carboxylic acids is 1. The summed E-state index contributed by atoms with van der Waals surface area (Å²) < 4.78 is 36.5. The van der Waals surface area contributed by atoms with Gasteiger partial charge in [0.1, 0.15) is 15.8 Å². The molecule has 1 fully saturated rings. The summed E-state index contributed by atoms with van der Waals surface area (Å²) >= 11 is 18.0. The molecule has 2 aromatic rings. The fourth-order valence-electron chi connectivity index (χ4n) is 2.26. The number of benzene rings is 1. The Morgan fingerprint density at radius 1 is 1.22 bits per heavy atom. The van der Waals surface area contributed by atoms with Crippen molar-refractivity contribution >= 4 is 73.6 Å². The third kappa shape index (κ3) is 4.92. The summed E-state index contributed by atoms with van der Waals surface area (Å²) in [5.74, 6) is -0.0660. The Bertz CT molecular complexity index is 1060. The van der Waals surface area contributed by atoms with Crippen LogP contribution in [0.4, 0.5) is 0 Å². The number of halogens is 2. The van der Waals surface area contributed by atoms with E-state index in [0.717, 1.165) is 22.2 Å². The number of carbonyl (C=O) groups is 1. The highest BCUT2D eigenvalue weighted by Crippen LogP contribution is 2.34. The lowest BCUT2D eigenvalue weighted by atomic mass is 10.2. The molecule has 1 aromatic heterocycles. The van der Waals surface area contributed by atoms with Gasteiger partial charge >= 0.3 is 0 Å². The number of hydrogen-bond donors (Lipinski definition) is 1. The van der Waals surface area contributed by atoms with Crippen molar-refractivity contribution in [1.82, 2.24) is 4.90 Å². The Labute approximate surface area is 174 Å². The summed E-state index contributed by atoms with van der Waals surface area (Å²) in [6, 6.07) is 8.49. The zero-order chi connectivity index (χ0) is 19.8. The lowest BCUT2D eigenvalue weighted by Crippen LogP contribution is -2.32. The van der Waals surface area contributed by atoms with Crippen LogP contribution in [0.1, 0.15) is 5.76 Å². The first kappa shape index (κ1) is 20.4. The van der Waals surface area contributed by atoms with E-state index in [0.29, 0.717) is 26.5 Å². The first-order valence-electron chi connectivity index (χ1n) is 7.40. The molecular formula is C16H11Cl2NO5S3. The smallest absolute Gasteiger partial charge is 0.266 e. The number of nitrogens with zero attached hydrogens (tertiary/aromatic N) is 1. The molecule has 1 aliphatic heterocycles. The highest BCUT2D eigenvalue weighted by Gasteiger charge is 2.32. The maximum absolute atomic E-state index is 12.4. The molecule has 0 spiro atoms. The average molecular weight is 464 g/mol. The van der Waals surface area contributed by atoms with Crippen molar-refractivity contribution in [2.45, 2.75) is 0 Å². The largest absolute Gasteiger partial charge is 0.457 e. The number of rotatable bonds is 5. The van der Waals surface area contributed by atoms with E-state index in [1.165, 1.54) is 6.08 Å². The summed E-state index contributed by atoms with van der Waals surface area (Å²) in [7, 11) is -4.19. The first-order chi connectivity index (χ1) is 12.6. The minimum atomic E-state index is -4.19. The van der Waals surface area contributed by atoms with Crippen LogP contribution in [0.2, 0.25) is 10.0 Å². The predicted molar refractivity (Wildman–Crippen MR) is 110 cm³/mol. The lowest BCUT2D eigenvalue weighted by Gasteiger charge is -2.12. The highest BCUT2D eigenvalue weighted by molar-refractivity contribution is 8.26. The minimum Gasteiger partial charge on any atom is -0.457 e. The monoisotopic (exact) mass is 463 g/mol. The maximum Gasteiger partial charge on any atom is 0.266 e. The van der Waals surface area contributed by atoms with E-state index in [2.05, 4.69) is 0 Å². The zero-order valence-electron chi connectivity index (χ0n) is 13.4. The van der Waals surface area contributed by atoms with Gasteiger partial charge in [-0.3, -0.25) is 14.2 Å². The fourth-order valence-corrected chi connectivity index (χ4v) is 4.26. The number of furan rings is 1. The van der Waals surface area contributed by atoms with Crippen LogP contribution in [-0.2, 0) is 14.9 Å². The van der Waals surface area contributed by atoms with E-state index in [9.17, 15) is 13.2 Å². The quantitative estimate of drug-likeness (QED) is 0.400. The predicted octanol–water partition coefficient (Wildman–Crippen LogP) is 4.34. The van der Waals surface area contributed by atoms with E-state index in [1.54, 1.807) is 30.3 Å². The molecule has 1 N–H and O–H groups in total. The lowest BCUT2D eigenvalue weighted by molar-refractivity contribution is -0.121. The molecule has 1 aliphatic rings. The van der Waals surface area contributed by atoms with E-state index < -0.39 is 21.8 Å².